The van der Waals surface area contributed by atoms with Gasteiger partial charge in [-0.3, -0.25) is 9.59 Å². The van der Waals surface area contributed by atoms with E-state index in [2.05, 4.69) is 4.98 Å². The molecule has 0 aliphatic rings. The van der Waals surface area contributed by atoms with Gasteiger partial charge in [0.15, 0.2) is 0 Å². The van der Waals surface area contributed by atoms with E-state index in [1.165, 1.54) is 16.2 Å². The van der Waals surface area contributed by atoms with E-state index in [1.54, 1.807) is 23.6 Å². The molecule has 1 amide bonds. The van der Waals surface area contributed by atoms with Crippen molar-refractivity contribution >= 4 is 46.4 Å². The second-order valence-electron chi connectivity index (χ2n) is 5.40. The lowest BCUT2D eigenvalue weighted by Gasteiger charge is -2.25. The number of hydrogen-bond acceptors (Lipinski definition) is 4. The molecule has 0 unspecified atom stereocenters. The van der Waals surface area contributed by atoms with E-state index in [0.29, 0.717) is 20.7 Å². The number of aromatic nitrogens is 1. The van der Waals surface area contributed by atoms with Gasteiger partial charge in [-0.2, -0.15) is 0 Å². The van der Waals surface area contributed by atoms with E-state index in [1.807, 2.05) is 13.8 Å². The van der Waals surface area contributed by atoms with Crippen LogP contribution in [-0.2, 0) is 4.79 Å². The number of carboxylic acids is 1. The molecule has 0 spiro atoms. The summed E-state index contributed by atoms with van der Waals surface area (Å²) < 4.78 is 0. The van der Waals surface area contributed by atoms with Crippen molar-refractivity contribution in [3.63, 3.8) is 0 Å². The van der Waals surface area contributed by atoms with E-state index < -0.39 is 5.97 Å². The molecule has 5 nitrogen and oxygen atoms in total. The highest BCUT2D eigenvalue weighted by atomic mass is 35.5. The molecular formula is C16H16Cl2N2O3S. The molecule has 24 heavy (non-hydrogen) atoms. The molecule has 1 aromatic heterocycles. The predicted octanol–water partition coefficient (Wildman–Crippen LogP) is 4.44. The van der Waals surface area contributed by atoms with Gasteiger partial charge in [0.05, 0.1) is 16.5 Å². The Bertz CT molecular complexity index is 762. The highest BCUT2D eigenvalue weighted by molar-refractivity contribution is 7.13. The van der Waals surface area contributed by atoms with Gasteiger partial charge in [-0.15, -0.1) is 11.3 Å². The first-order valence-electron chi connectivity index (χ1n) is 7.23. The zero-order valence-corrected chi connectivity index (χ0v) is 15.5. The normalized spacial score (nSPS) is 10.9. The topological polar surface area (TPSA) is 70.5 Å². The van der Waals surface area contributed by atoms with Gasteiger partial charge in [0, 0.05) is 23.5 Å². The predicted molar refractivity (Wildman–Crippen MR) is 96.0 cm³/mol. The molecule has 128 valence electrons. The number of hydrogen-bond donors (Lipinski definition) is 1. The van der Waals surface area contributed by atoms with Gasteiger partial charge in [-0.05, 0) is 26.0 Å². The number of thiazole rings is 1. The molecule has 1 aromatic carbocycles. The van der Waals surface area contributed by atoms with Crippen molar-refractivity contribution in [3.8, 4) is 10.6 Å². The molecule has 0 bridgehead atoms. The van der Waals surface area contributed by atoms with E-state index in [4.69, 9.17) is 28.3 Å². The van der Waals surface area contributed by atoms with Crippen LogP contribution in [0.3, 0.4) is 0 Å². The number of nitrogens with zero attached hydrogens (tertiary/aromatic N) is 2. The lowest BCUT2D eigenvalue weighted by molar-refractivity contribution is -0.137. The van der Waals surface area contributed by atoms with Gasteiger partial charge in [-0.25, -0.2) is 4.98 Å². The first-order chi connectivity index (χ1) is 11.3. The molecule has 0 aliphatic carbocycles. The summed E-state index contributed by atoms with van der Waals surface area (Å²) in [6.45, 7) is 3.82. The Kier molecular flexibility index (Phi) is 6.21. The van der Waals surface area contributed by atoms with Crippen molar-refractivity contribution in [1.29, 1.82) is 0 Å². The third-order valence-electron chi connectivity index (χ3n) is 3.34. The van der Waals surface area contributed by atoms with Gasteiger partial charge >= 0.3 is 5.97 Å². The summed E-state index contributed by atoms with van der Waals surface area (Å²) in [7, 11) is 0. The highest BCUT2D eigenvalue weighted by Gasteiger charge is 2.22. The van der Waals surface area contributed by atoms with Crippen LogP contribution in [0.1, 0.15) is 30.8 Å². The maximum absolute atomic E-state index is 12.6. The lowest BCUT2D eigenvalue weighted by Crippen LogP contribution is -2.38. The largest absolute Gasteiger partial charge is 0.481 e. The van der Waals surface area contributed by atoms with Crippen LogP contribution in [0, 0.1) is 0 Å². The van der Waals surface area contributed by atoms with Crippen molar-refractivity contribution in [2.75, 3.05) is 6.54 Å². The van der Waals surface area contributed by atoms with E-state index in [9.17, 15) is 9.59 Å². The average molecular weight is 387 g/mol. The second kappa shape index (κ2) is 7.96. The van der Waals surface area contributed by atoms with Crippen LogP contribution in [0.15, 0.2) is 23.6 Å². The molecule has 0 atom stereocenters. The van der Waals surface area contributed by atoms with E-state index >= 15 is 0 Å². The minimum absolute atomic E-state index is 0.103. The molecular weight excluding hydrogens is 371 g/mol. The summed E-state index contributed by atoms with van der Waals surface area (Å²) in [4.78, 5) is 29.2. The van der Waals surface area contributed by atoms with Crippen molar-refractivity contribution < 1.29 is 14.7 Å². The van der Waals surface area contributed by atoms with Gasteiger partial charge in [0.2, 0.25) is 0 Å². The summed E-state index contributed by atoms with van der Waals surface area (Å²) in [6.07, 6.45) is -0.103. The van der Waals surface area contributed by atoms with Crippen molar-refractivity contribution in [3.05, 3.63) is 39.3 Å². The van der Waals surface area contributed by atoms with Gasteiger partial charge < -0.3 is 10.0 Å². The fourth-order valence-electron chi connectivity index (χ4n) is 2.09. The number of rotatable bonds is 6. The lowest BCUT2D eigenvalue weighted by atomic mass is 10.2. The Balaban J connectivity index is 2.22. The molecule has 1 heterocycles. The summed E-state index contributed by atoms with van der Waals surface area (Å²) in [5.74, 6) is -1.22. The number of amides is 1. The van der Waals surface area contributed by atoms with Gasteiger partial charge in [0.25, 0.3) is 5.91 Å². The summed E-state index contributed by atoms with van der Waals surface area (Å²) >= 11 is 13.2. The van der Waals surface area contributed by atoms with Crippen LogP contribution in [0.2, 0.25) is 10.0 Å². The van der Waals surface area contributed by atoms with Crippen LogP contribution in [0.4, 0.5) is 0 Å². The smallest absolute Gasteiger partial charge is 0.305 e. The van der Waals surface area contributed by atoms with E-state index in [-0.39, 0.29) is 24.9 Å². The number of benzene rings is 1. The summed E-state index contributed by atoms with van der Waals surface area (Å²) in [5.41, 5.74) is 1.07. The zero-order chi connectivity index (χ0) is 17.9. The Morgan fingerprint density at radius 3 is 2.58 bits per heavy atom. The number of carboxylic acid groups (broad SMARTS) is 1. The zero-order valence-electron chi connectivity index (χ0n) is 13.1. The molecule has 2 rings (SSSR count). The summed E-state index contributed by atoms with van der Waals surface area (Å²) in [6, 6.07) is 5.04. The Labute approximate surface area is 153 Å². The summed E-state index contributed by atoms with van der Waals surface area (Å²) in [5, 5.41) is 12.0. The van der Waals surface area contributed by atoms with Crippen LogP contribution < -0.4 is 0 Å². The molecule has 0 saturated carbocycles. The molecule has 8 heteroatoms. The molecule has 0 saturated heterocycles. The third-order valence-corrected chi connectivity index (χ3v) is 4.97. The number of halogens is 2. The Morgan fingerprint density at radius 2 is 2.00 bits per heavy atom. The Morgan fingerprint density at radius 1 is 1.29 bits per heavy atom. The van der Waals surface area contributed by atoms with Crippen LogP contribution in [0.25, 0.3) is 10.6 Å². The van der Waals surface area contributed by atoms with E-state index in [0.717, 1.165) is 5.56 Å². The quantitative estimate of drug-likeness (QED) is 0.796. The number of carbonyl (C=O) groups is 2. The molecule has 0 aliphatic heterocycles. The molecule has 0 fully saturated rings. The number of carbonyl (C=O) groups excluding carboxylic acids is 1. The number of aliphatic carboxylic acids is 1. The van der Waals surface area contributed by atoms with Crippen molar-refractivity contribution in [2.24, 2.45) is 0 Å². The first kappa shape index (κ1) is 18.7. The SMILES string of the molecule is CC(C)N(CCC(=O)O)C(=O)c1csc(-c2ccc(Cl)c(Cl)c2)n1. The molecule has 2 aromatic rings. The maximum Gasteiger partial charge on any atom is 0.305 e. The second-order valence-corrected chi connectivity index (χ2v) is 7.08. The van der Waals surface area contributed by atoms with Gasteiger partial charge in [-0.1, -0.05) is 29.3 Å². The van der Waals surface area contributed by atoms with Crippen LogP contribution in [-0.4, -0.2) is 39.5 Å². The maximum atomic E-state index is 12.6. The monoisotopic (exact) mass is 386 g/mol. The average Bonchev–Trinajstić information content (AvgIpc) is 2.99. The third kappa shape index (κ3) is 4.47. The first-order valence-corrected chi connectivity index (χ1v) is 8.87. The molecule has 1 N–H and O–H groups in total. The molecule has 0 radical (unpaired) electrons. The fourth-order valence-corrected chi connectivity index (χ4v) is 3.18. The minimum atomic E-state index is -0.941. The van der Waals surface area contributed by atoms with Crippen LogP contribution in [0.5, 0.6) is 0 Å². The highest BCUT2D eigenvalue weighted by Crippen LogP contribution is 2.30. The standard InChI is InChI=1S/C16H16Cl2N2O3S/c1-9(2)20(6-5-14(21)22)16(23)13-8-24-15(19-13)10-3-4-11(17)12(18)7-10/h3-4,7-9H,5-6H2,1-2H3,(H,21,22). The fraction of sp³-hybridized carbons (Fsp3) is 0.312. The Hall–Kier alpha value is -1.63. The van der Waals surface area contributed by atoms with Crippen LogP contribution >= 0.6 is 34.5 Å². The minimum Gasteiger partial charge on any atom is -0.481 e. The van der Waals surface area contributed by atoms with Gasteiger partial charge in [0.1, 0.15) is 10.7 Å². The van der Waals surface area contributed by atoms with Crippen molar-refractivity contribution in [1.82, 2.24) is 9.88 Å². The van der Waals surface area contributed by atoms with Crippen molar-refractivity contribution in [2.45, 2.75) is 26.3 Å².